The van der Waals surface area contributed by atoms with Crippen LogP contribution in [0.4, 0.5) is 12.9 Å². The molecule has 102 valence electrons. The quantitative estimate of drug-likeness (QED) is 0.555. The molecule has 0 aromatic heterocycles. The lowest BCUT2D eigenvalue weighted by Crippen LogP contribution is -2.34. The highest BCUT2D eigenvalue weighted by Crippen LogP contribution is 2.18. The number of ether oxygens (including phenoxy) is 2. The third kappa shape index (κ3) is 4.60. The minimum absolute atomic E-state index is 0.345. The lowest BCUT2D eigenvalue weighted by molar-refractivity contribution is 0.100. The Balaban J connectivity index is 2.53. The molecule has 0 aliphatic heterocycles. The molecule has 0 atom stereocenters. The Kier molecular flexibility index (Phi) is 5.53. The number of aryl methyl sites for hydroxylation is 1. The molecule has 0 unspecified atom stereocenters. The fourth-order valence-electron chi connectivity index (χ4n) is 1.50. The lowest BCUT2D eigenvalue weighted by atomic mass is 9.79. The van der Waals surface area contributed by atoms with Crippen molar-refractivity contribution in [3.63, 3.8) is 0 Å². The van der Waals surface area contributed by atoms with Crippen LogP contribution in [0.5, 0.6) is 5.75 Å². The van der Waals surface area contributed by atoms with Gasteiger partial charge in [-0.05, 0) is 25.0 Å². The molecule has 0 heterocycles. The summed E-state index contributed by atoms with van der Waals surface area (Å²) in [5.74, 6) is 0.471. The maximum absolute atomic E-state index is 12.5. The largest absolute Gasteiger partial charge is 0.509 e. The maximum Gasteiger partial charge on any atom is 0.509 e. The zero-order chi connectivity index (χ0) is 13.6. The van der Waals surface area contributed by atoms with Gasteiger partial charge in [0.1, 0.15) is 12.4 Å². The first kappa shape index (κ1) is 14.9. The predicted molar refractivity (Wildman–Crippen MR) is 66.5 cm³/mol. The molecule has 0 radical (unpaired) electrons. The van der Waals surface area contributed by atoms with Crippen LogP contribution in [0.3, 0.4) is 0 Å². The van der Waals surface area contributed by atoms with Crippen LogP contribution in [0.15, 0.2) is 18.2 Å². The fraction of sp³-hybridized carbons (Fsp3) is 0.500. The molecule has 0 aliphatic carbocycles. The van der Waals surface area contributed by atoms with E-state index in [9.17, 15) is 12.9 Å². The number of halogens is 3. The first-order valence-corrected chi connectivity index (χ1v) is 5.96. The molecule has 18 heavy (non-hydrogen) atoms. The normalized spacial score (nSPS) is 11.6. The van der Waals surface area contributed by atoms with Crippen molar-refractivity contribution < 1.29 is 22.4 Å². The summed E-state index contributed by atoms with van der Waals surface area (Å²) >= 11 is 0. The summed E-state index contributed by atoms with van der Waals surface area (Å²) in [7, 11) is 0. The van der Waals surface area contributed by atoms with E-state index in [1.807, 2.05) is 6.92 Å². The zero-order valence-electron chi connectivity index (χ0n) is 10.6. The van der Waals surface area contributed by atoms with E-state index >= 15 is 0 Å². The Morgan fingerprint density at radius 1 is 1.11 bits per heavy atom. The Labute approximate surface area is 105 Å². The molecule has 0 amide bonds. The standard InChI is InChI=1S/C12H17BF3O2/c1-3-6-17-7-8-18-12-5-4-11(9-10(12)2)13(14,15)16/h4-5,9H,3,6-8H2,1-2H3/q-1. The van der Waals surface area contributed by atoms with E-state index < -0.39 is 12.4 Å². The first-order valence-electron chi connectivity index (χ1n) is 5.96. The van der Waals surface area contributed by atoms with Gasteiger partial charge in [-0.3, -0.25) is 0 Å². The molecule has 0 fully saturated rings. The van der Waals surface area contributed by atoms with Crippen molar-refractivity contribution >= 4 is 12.4 Å². The summed E-state index contributed by atoms with van der Waals surface area (Å²) in [6.07, 6.45) is 0.932. The minimum atomic E-state index is -4.94. The molecular weight excluding hydrogens is 244 g/mol. The van der Waals surface area contributed by atoms with Crippen LogP contribution in [0.25, 0.3) is 0 Å². The fourth-order valence-corrected chi connectivity index (χ4v) is 1.50. The van der Waals surface area contributed by atoms with Gasteiger partial charge in [-0.15, -0.1) is 5.46 Å². The van der Waals surface area contributed by atoms with E-state index in [1.54, 1.807) is 6.92 Å². The summed E-state index contributed by atoms with van der Waals surface area (Å²) in [5, 5.41) is 0. The molecule has 1 aromatic rings. The van der Waals surface area contributed by atoms with Gasteiger partial charge in [0.15, 0.2) is 0 Å². The molecule has 0 saturated heterocycles. The Morgan fingerprint density at radius 3 is 2.39 bits per heavy atom. The Bertz CT molecular complexity index is 380. The second kappa shape index (κ2) is 6.68. The predicted octanol–water partition coefficient (Wildman–Crippen LogP) is 2.85. The summed E-state index contributed by atoms with van der Waals surface area (Å²) in [6, 6.07) is 3.52. The molecule has 2 nitrogen and oxygen atoms in total. The maximum atomic E-state index is 12.5. The van der Waals surface area contributed by atoms with E-state index in [0.717, 1.165) is 18.6 Å². The van der Waals surface area contributed by atoms with E-state index in [0.29, 0.717) is 31.1 Å². The van der Waals surface area contributed by atoms with Crippen molar-refractivity contribution in [1.29, 1.82) is 0 Å². The minimum Gasteiger partial charge on any atom is -0.491 e. The monoisotopic (exact) mass is 261 g/mol. The van der Waals surface area contributed by atoms with Crippen molar-refractivity contribution in [3.8, 4) is 5.75 Å². The van der Waals surface area contributed by atoms with Crippen LogP contribution < -0.4 is 10.2 Å². The average molecular weight is 261 g/mol. The van der Waals surface area contributed by atoms with Crippen molar-refractivity contribution in [2.24, 2.45) is 0 Å². The van der Waals surface area contributed by atoms with Crippen LogP contribution in [0.2, 0.25) is 0 Å². The van der Waals surface area contributed by atoms with E-state index in [-0.39, 0.29) is 0 Å². The number of rotatable bonds is 7. The zero-order valence-corrected chi connectivity index (χ0v) is 10.6. The molecule has 6 heteroatoms. The van der Waals surface area contributed by atoms with E-state index in [2.05, 4.69) is 0 Å². The van der Waals surface area contributed by atoms with Gasteiger partial charge >= 0.3 is 6.98 Å². The van der Waals surface area contributed by atoms with Gasteiger partial charge in [0, 0.05) is 6.61 Å². The SMILES string of the molecule is CCCOCCOc1ccc([B-](F)(F)F)cc1C. The first-order chi connectivity index (χ1) is 8.45. The van der Waals surface area contributed by atoms with Crippen molar-refractivity contribution in [2.45, 2.75) is 20.3 Å². The third-order valence-electron chi connectivity index (χ3n) is 2.41. The Hall–Kier alpha value is -1.17. The molecule has 0 bridgehead atoms. The van der Waals surface area contributed by atoms with Gasteiger partial charge in [-0.2, -0.15) is 0 Å². The van der Waals surface area contributed by atoms with Gasteiger partial charge < -0.3 is 22.4 Å². The van der Waals surface area contributed by atoms with Crippen LogP contribution >= 0.6 is 0 Å². The van der Waals surface area contributed by atoms with Crippen molar-refractivity contribution in [2.75, 3.05) is 19.8 Å². The molecule has 0 N–H and O–H groups in total. The van der Waals surface area contributed by atoms with Crippen LogP contribution in [0.1, 0.15) is 18.9 Å². The van der Waals surface area contributed by atoms with E-state index in [1.165, 1.54) is 6.07 Å². The Morgan fingerprint density at radius 2 is 1.83 bits per heavy atom. The number of hydrogen-bond acceptors (Lipinski definition) is 2. The molecule has 0 aliphatic rings. The van der Waals surface area contributed by atoms with Crippen molar-refractivity contribution in [1.82, 2.24) is 0 Å². The third-order valence-corrected chi connectivity index (χ3v) is 2.41. The smallest absolute Gasteiger partial charge is 0.491 e. The van der Waals surface area contributed by atoms with Gasteiger partial charge in [-0.1, -0.05) is 19.1 Å². The lowest BCUT2D eigenvalue weighted by Gasteiger charge is -2.17. The number of benzene rings is 1. The summed E-state index contributed by atoms with van der Waals surface area (Å²) < 4.78 is 48.1. The highest BCUT2D eigenvalue weighted by atomic mass is 19.4. The summed E-state index contributed by atoms with van der Waals surface area (Å²) in [5.41, 5.74) is -0.107. The van der Waals surface area contributed by atoms with Crippen LogP contribution in [-0.2, 0) is 4.74 Å². The molecule has 0 saturated carbocycles. The molecule has 1 aromatic carbocycles. The van der Waals surface area contributed by atoms with Gasteiger partial charge in [-0.25, -0.2) is 0 Å². The van der Waals surface area contributed by atoms with E-state index in [4.69, 9.17) is 9.47 Å². The van der Waals surface area contributed by atoms with Crippen LogP contribution in [0, 0.1) is 6.92 Å². The highest BCUT2D eigenvalue weighted by Gasteiger charge is 2.25. The summed E-state index contributed by atoms with van der Waals surface area (Å²) in [6.45, 7) is 0.115. The van der Waals surface area contributed by atoms with Gasteiger partial charge in [0.25, 0.3) is 0 Å². The van der Waals surface area contributed by atoms with Gasteiger partial charge in [0.05, 0.1) is 6.61 Å². The molecule has 1 rings (SSSR count). The molecular formula is C12H17BF3O2-. The number of hydrogen-bond donors (Lipinski definition) is 0. The second-order valence-electron chi connectivity index (χ2n) is 4.06. The van der Waals surface area contributed by atoms with Crippen molar-refractivity contribution in [3.05, 3.63) is 23.8 Å². The second-order valence-corrected chi connectivity index (χ2v) is 4.06. The summed E-state index contributed by atoms with van der Waals surface area (Å²) in [4.78, 5) is 0. The average Bonchev–Trinajstić information content (AvgIpc) is 2.29. The van der Waals surface area contributed by atoms with Crippen LogP contribution in [-0.4, -0.2) is 26.8 Å². The highest BCUT2D eigenvalue weighted by molar-refractivity contribution is 6.73. The topological polar surface area (TPSA) is 18.5 Å². The molecule has 0 spiro atoms. The van der Waals surface area contributed by atoms with Gasteiger partial charge in [0.2, 0.25) is 0 Å².